The normalized spacial score (nSPS) is 17.4. The predicted molar refractivity (Wildman–Crippen MR) is 100 cm³/mol. The number of amides is 1. The fourth-order valence-corrected chi connectivity index (χ4v) is 4.21. The van der Waals surface area contributed by atoms with Gasteiger partial charge in [0.1, 0.15) is 4.32 Å². The van der Waals surface area contributed by atoms with Gasteiger partial charge in [-0.1, -0.05) is 42.2 Å². The van der Waals surface area contributed by atoms with Gasteiger partial charge in [0.15, 0.2) is 0 Å². The molecular formula is C18H12F3NO3S2. The highest BCUT2D eigenvalue weighted by Gasteiger charge is 2.39. The number of anilines is 1. The molecule has 27 heavy (non-hydrogen) atoms. The molecule has 1 unspecified atom stereocenters. The summed E-state index contributed by atoms with van der Waals surface area (Å²) in [5.74, 6) is -1.45. The van der Waals surface area contributed by atoms with Gasteiger partial charge in [-0.3, -0.25) is 9.69 Å². The van der Waals surface area contributed by atoms with Gasteiger partial charge in [0.25, 0.3) is 0 Å². The van der Waals surface area contributed by atoms with Crippen LogP contribution in [0.25, 0.3) is 0 Å². The van der Waals surface area contributed by atoms with Crippen molar-refractivity contribution in [1.82, 2.24) is 0 Å². The third kappa shape index (κ3) is 4.14. The van der Waals surface area contributed by atoms with Gasteiger partial charge in [-0.2, -0.15) is 13.2 Å². The molecule has 1 aliphatic heterocycles. The number of thioether (sulfide) groups is 1. The lowest BCUT2D eigenvalue weighted by Gasteiger charge is -2.17. The Bertz CT molecular complexity index is 913. The van der Waals surface area contributed by atoms with Crippen molar-refractivity contribution in [3.8, 4) is 0 Å². The van der Waals surface area contributed by atoms with Crippen LogP contribution in [0.4, 0.5) is 18.9 Å². The Balaban J connectivity index is 1.80. The van der Waals surface area contributed by atoms with Crippen molar-refractivity contribution in [1.29, 1.82) is 0 Å². The van der Waals surface area contributed by atoms with Gasteiger partial charge >= 0.3 is 12.1 Å². The molecule has 0 aromatic heterocycles. The molecule has 0 saturated carbocycles. The Kier molecular flexibility index (Phi) is 5.25. The van der Waals surface area contributed by atoms with E-state index in [9.17, 15) is 22.8 Å². The SMILES string of the molecule is O=C(O)c1ccc(CC2SC(=S)N(c3cccc(C(F)(F)F)c3)C2=O)cc1. The topological polar surface area (TPSA) is 57.6 Å². The van der Waals surface area contributed by atoms with E-state index in [1.165, 1.54) is 24.3 Å². The molecule has 1 heterocycles. The summed E-state index contributed by atoms with van der Waals surface area (Å²) in [6, 6.07) is 10.5. The molecule has 1 aliphatic rings. The number of hydrogen-bond acceptors (Lipinski definition) is 4. The fourth-order valence-electron chi connectivity index (χ4n) is 2.64. The van der Waals surface area contributed by atoms with E-state index < -0.39 is 28.9 Å². The van der Waals surface area contributed by atoms with Crippen LogP contribution in [0.3, 0.4) is 0 Å². The number of alkyl halides is 3. The lowest BCUT2D eigenvalue weighted by atomic mass is 10.1. The molecule has 1 fully saturated rings. The number of carbonyl (C=O) groups is 2. The Labute approximate surface area is 162 Å². The Morgan fingerprint density at radius 2 is 1.85 bits per heavy atom. The minimum atomic E-state index is -4.52. The highest BCUT2D eigenvalue weighted by Crippen LogP contribution is 2.37. The highest BCUT2D eigenvalue weighted by molar-refractivity contribution is 8.25. The van der Waals surface area contributed by atoms with Gasteiger partial charge in [0.05, 0.1) is 22.1 Å². The Hall–Kier alpha value is -2.39. The number of nitrogens with zero attached hydrogens (tertiary/aromatic N) is 1. The van der Waals surface area contributed by atoms with E-state index in [1.54, 1.807) is 12.1 Å². The minimum Gasteiger partial charge on any atom is -0.478 e. The Morgan fingerprint density at radius 3 is 2.44 bits per heavy atom. The van der Waals surface area contributed by atoms with Gasteiger partial charge in [0, 0.05) is 0 Å². The first kappa shape index (κ1) is 19.4. The molecule has 2 aromatic carbocycles. The molecule has 0 aliphatic carbocycles. The maximum Gasteiger partial charge on any atom is 0.416 e. The molecule has 1 atom stereocenters. The quantitative estimate of drug-likeness (QED) is 0.757. The van der Waals surface area contributed by atoms with Crippen molar-refractivity contribution in [2.24, 2.45) is 0 Å². The van der Waals surface area contributed by atoms with Crippen LogP contribution in [-0.2, 0) is 17.4 Å². The molecule has 140 valence electrons. The average Bonchev–Trinajstić information content (AvgIpc) is 2.88. The molecule has 9 heteroatoms. The number of carboxylic acids is 1. The minimum absolute atomic E-state index is 0.0797. The van der Waals surface area contributed by atoms with Crippen molar-refractivity contribution in [2.75, 3.05) is 4.90 Å². The Morgan fingerprint density at radius 1 is 1.19 bits per heavy atom. The summed E-state index contributed by atoms with van der Waals surface area (Å²) in [4.78, 5) is 24.7. The third-order valence-electron chi connectivity index (χ3n) is 3.98. The number of hydrogen-bond donors (Lipinski definition) is 1. The number of rotatable bonds is 4. The van der Waals surface area contributed by atoms with E-state index in [-0.39, 0.29) is 15.6 Å². The molecule has 1 N–H and O–H groups in total. The van der Waals surface area contributed by atoms with Gasteiger partial charge in [-0.05, 0) is 42.3 Å². The molecule has 1 amide bonds. The summed E-state index contributed by atoms with van der Waals surface area (Å²) in [5, 5.41) is 8.33. The van der Waals surface area contributed by atoms with E-state index in [0.717, 1.165) is 34.4 Å². The van der Waals surface area contributed by atoms with E-state index in [0.29, 0.717) is 6.42 Å². The number of halogens is 3. The number of benzene rings is 2. The molecule has 0 bridgehead atoms. The molecule has 1 saturated heterocycles. The fraction of sp³-hybridized carbons (Fsp3) is 0.167. The van der Waals surface area contributed by atoms with E-state index in [1.807, 2.05) is 0 Å². The van der Waals surface area contributed by atoms with Crippen LogP contribution in [0.15, 0.2) is 48.5 Å². The van der Waals surface area contributed by atoms with Gasteiger partial charge < -0.3 is 5.11 Å². The van der Waals surface area contributed by atoms with Crippen LogP contribution >= 0.6 is 24.0 Å². The van der Waals surface area contributed by atoms with E-state index in [2.05, 4.69) is 0 Å². The molecule has 4 nitrogen and oxygen atoms in total. The van der Waals surface area contributed by atoms with Crippen LogP contribution in [0.5, 0.6) is 0 Å². The molecule has 0 spiro atoms. The van der Waals surface area contributed by atoms with Crippen LogP contribution in [0, 0.1) is 0 Å². The zero-order valence-electron chi connectivity index (χ0n) is 13.6. The summed E-state index contributed by atoms with van der Waals surface area (Å²) in [6.45, 7) is 0. The van der Waals surface area contributed by atoms with Crippen LogP contribution in [0.1, 0.15) is 21.5 Å². The lowest BCUT2D eigenvalue weighted by molar-refractivity contribution is -0.137. The van der Waals surface area contributed by atoms with Gasteiger partial charge in [-0.25, -0.2) is 4.79 Å². The largest absolute Gasteiger partial charge is 0.478 e. The summed E-state index contributed by atoms with van der Waals surface area (Å²) >= 11 is 6.30. The van der Waals surface area contributed by atoms with Crippen LogP contribution < -0.4 is 4.90 Å². The molecular weight excluding hydrogens is 399 g/mol. The third-order valence-corrected chi connectivity index (χ3v) is 5.48. The predicted octanol–water partition coefficient (Wildman–Crippen LogP) is 4.38. The van der Waals surface area contributed by atoms with Gasteiger partial charge in [0.2, 0.25) is 5.91 Å². The first-order chi connectivity index (χ1) is 12.7. The second-order valence-corrected chi connectivity index (χ2v) is 7.64. The number of aromatic carboxylic acids is 1. The van der Waals surface area contributed by atoms with E-state index >= 15 is 0 Å². The second-order valence-electron chi connectivity index (χ2n) is 5.80. The van der Waals surface area contributed by atoms with Crippen LogP contribution in [-0.4, -0.2) is 26.6 Å². The zero-order chi connectivity index (χ0) is 19.8. The van der Waals surface area contributed by atoms with Crippen molar-refractivity contribution < 1.29 is 27.9 Å². The van der Waals surface area contributed by atoms with Crippen LogP contribution in [0.2, 0.25) is 0 Å². The molecule has 3 rings (SSSR count). The molecule has 0 radical (unpaired) electrons. The number of thiocarbonyl (C=S) groups is 1. The second kappa shape index (κ2) is 7.32. The smallest absolute Gasteiger partial charge is 0.416 e. The first-order valence-electron chi connectivity index (χ1n) is 7.71. The lowest BCUT2D eigenvalue weighted by Crippen LogP contribution is -2.32. The van der Waals surface area contributed by atoms with Crippen molar-refractivity contribution in [3.05, 3.63) is 65.2 Å². The van der Waals surface area contributed by atoms with E-state index in [4.69, 9.17) is 17.3 Å². The maximum atomic E-state index is 12.9. The van der Waals surface area contributed by atoms with Crippen molar-refractivity contribution >= 4 is 45.9 Å². The average molecular weight is 411 g/mol. The van der Waals surface area contributed by atoms with Crippen molar-refractivity contribution in [2.45, 2.75) is 17.8 Å². The van der Waals surface area contributed by atoms with Gasteiger partial charge in [-0.15, -0.1) is 0 Å². The maximum absolute atomic E-state index is 12.9. The summed E-state index contributed by atoms with van der Waals surface area (Å²) < 4.78 is 38.9. The summed E-state index contributed by atoms with van der Waals surface area (Å²) in [5.41, 5.74) is 0.0918. The standard InChI is InChI=1S/C18H12F3NO3S2/c19-18(20,21)12-2-1-3-13(9-12)22-15(23)14(27-17(22)26)8-10-4-6-11(7-5-10)16(24)25/h1-7,9,14H,8H2,(H,24,25). The first-order valence-corrected chi connectivity index (χ1v) is 8.99. The summed E-state index contributed by atoms with van der Waals surface area (Å²) in [6.07, 6.45) is -4.22. The van der Waals surface area contributed by atoms with Crippen molar-refractivity contribution in [3.63, 3.8) is 0 Å². The number of carboxylic acid groups (broad SMARTS) is 1. The monoisotopic (exact) mass is 411 g/mol. The number of carbonyl (C=O) groups excluding carboxylic acids is 1. The molecule has 2 aromatic rings. The summed E-state index contributed by atoms with van der Waals surface area (Å²) in [7, 11) is 0. The highest BCUT2D eigenvalue weighted by atomic mass is 32.2. The zero-order valence-corrected chi connectivity index (χ0v) is 15.2.